The van der Waals surface area contributed by atoms with Crippen molar-refractivity contribution in [1.82, 2.24) is 0 Å². The molecule has 4 heteroatoms. The average molecular weight is 218 g/mol. The first-order valence-corrected chi connectivity index (χ1v) is 5.04. The number of hydrogen-bond acceptors (Lipinski definition) is 3. The SMILES string of the molecule is C[C@@H](COC(=O)C(C)(C)C)C[C@H](F)C=O. The van der Waals surface area contributed by atoms with Gasteiger partial charge in [0.15, 0.2) is 12.5 Å². The van der Waals surface area contributed by atoms with Crippen molar-refractivity contribution in [2.75, 3.05) is 6.61 Å². The van der Waals surface area contributed by atoms with Gasteiger partial charge in [-0.1, -0.05) is 6.92 Å². The summed E-state index contributed by atoms with van der Waals surface area (Å²) in [6, 6.07) is 0. The van der Waals surface area contributed by atoms with E-state index in [1.54, 1.807) is 27.7 Å². The number of esters is 1. The third-order valence-electron chi connectivity index (χ3n) is 1.89. The highest BCUT2D eigenvalue weighted by Crippen LogP contribution is 2.16. The minimum Gasteiger partial charge on any atom is -0.465 e. The molecule has 0 unspecified atom stereocenters. The number of carbonyl (C=O) groups is 2. The van der Waals surface area contributed by atoms with Crippen molar-refractivity contribution in [3.05, 3.63) is 0 Å². The van der Waals surface area contributed by atoms with Gasteiger partial charge in [-0.2, -0.15) is 0 Å². The van der Waals surface area contributed by atoms with Crippen LogP contribution in [-0.2, 0) is 14.3 Å². The van der Waals surface area contributed by atoms with Gasteiger partial charge in [-0.3, -0.25) is 4.79 Å². The van der Waals surface area contributed by atoms with E-state index in [0.29, 0.717) is 0 Å². The molecule has 0 saturated carbocycles. The van der Waals surface area contributed by atoms with Crippen molar-refractivity contribution < 1.29 is 18.7 Å². The predicted molar refractivity (Wildman–Crippen MR) is 55.2 cm³/mol. The standard InChI is InChI=1S/C11H19FO3/c1-8(5-9(12)6-13)7-15-10(14)11(2,3)4/h6,8-9H,5,7H2,1-4H3/t8-,9+/m1/s1. The molecular weight excluding hydrogens is 199 g/mol. The molecule has 0 bridgehead atoms. The first-order chi connectivity index (χ1) is 6.77. The van der Waals surface area contributed by atoms with Gasteiger partial charge in [0.25, 0.3) is 0 Å². The summed E-state index contributed by atoms with van der Waals surface area (Å²) in [6.45, 7) is 7.16. The summed E-state index contributed by atoms with van der Waals surface area (Å²) in [5.74, 6) is -0.452. The molecule has 3 nitrogen and oxygen atoms in total. The van der Waals surface area contributed by atoms with Crippen LogP contribution in [0.5, 0.6) is 0 Å². The normalized spacial score (nSPS) is 15.5. The summed E-state index contributed by atoms with van der Waals surface area (Å²) >= 11 is 0. The summed E-state index contributed by atoms with van der Waals surface area (Å²) in [5, 5.41) is 0. The molecule has 0 heterocycles. The highest BCUT2D eigenvalue weighted by molar-refractivity contribution is 5.75. The summed E-state index contributed by atoms with van der Waals surface area (Å²) < 4.78 is 17.6. The Bertz CT molecular complexity index is 220. The van der Waals surface area contributed by atoms with Crippen LogP contribution >= 0.6 is 0 Å². The molecule has 15 heavy (non-hydrogen) atoms. The van der Waals surface area contributed by atoms with Gasteiger partial charge in [-0.15, -0.1) is 0 Å². The Morgan fingerprint density at radius 3 is 2.40 bits per heavy atom. The Morgan fingerprint density at radius 1 is 1.47 bits per heavy atom. The number of alkyl halides is 1. The van der Waals surface area contributed by atoms with E-state index in [2.05, 4.69) is 0 Å². The average Bonchev–Trinajstić information content (AvgIpc) is 2.12. The van der Waals surface area contributed by atoms with Crippen LogP contribution in [0, 0.1) is 11.3 Å². The zero-order valence-electron chi connectivity index (χ0n) is 9.75. The van der Waals surface area contributed by atoms with E-state index in [0.717, 1.165) is 0 Å². The van der Waals surface area contributed by atoms with E-state index >= 15 is 0 Å². The van der Waals surface area contributed by atoms with Crippen LogP contribution in [-0.4, -0.2) is 25.0 Å². The second-order valence-corrected chi connectivity index (χ2v) is 4.84. The molecule has 2 atom stereocenters. The van der Waals surface area contributed by atoms with E-state index in [4.69, 9.17) is 4.74 Å². The highest BCUT2D eigenvalue weighted by atomic mass is 19.1. The Kier molecular flexibility index (Phi) is 5.47. The van der Waals surface area contributed by atoms with Crippen molar-refractivity contribution in [1.29, 1.82) is 0 Å². The number of halogens is 1. The van der Waals surface area contributed by atoms with E-state index in [1.807, 2.05) is 0 Å². The second-order valence-electron chi connectivity index (χ2n) is 4.84. The molecule has 0 fully saturated rings. The van der Waals surface area contributed by atoms with Crippen molar-refractivity contribution in [2.24, 2.45) is 11.3 Å². The lowest BCUT2D eigenvalue weighted by atomic mass is 9.97. The molecule has 0 aliphatic carbocycles. The molecule has 0 spiro atoms. The van der Waals surface area contributed by atoms with E-state index in [1.165, 1.54) is 0 Å². The van der Waals surface area contributed by atoms with Gasteiger partial charge in [0.1, 0.15) is 0 Å². The Hall–Kier alpha value is -0.930. The number of aldehydes is 1. The molecule has 0 aromatic heterocycles. The third kappa shape index (κ3) is 6.20. The predicted octanol–water partition coefficient (Wildman–Crippen LogP) is 2.14. The maximum absolute atomic E-state index is 12.6. The smallest absolute Gasteiger partial charge is 0.311 e. The van der Waals surface area contributed by atoms with Gasteiger partial charge in [0.2, 0.25) is 0 Å². The zero-order chi connectivity index (χ0) is 12.1. The fraction of sp³-hybridized carbons (Fsp3) is 0.818. The van der Waals surface area contributed by atoms with Gasteiger partial charge in [-0.05, 0) is 33.1 Å². The van der Waals surface area contributed by atoms with Crippen molar-refractivity contribution in [3.8, 4) is 0 Å². The van der Waals surface area contributed by atoms with Gasteiger partial charge < -0.3 is 9.53 Å². The number of rotatable bonds is 5. The molecule has 0 rings (SSSR count). The summed E-state index contributed by atoms with van der Waals surface area (Å²) in [5.41, 5.74) is -0.542. The Labute approximate surface area is 90.0 Å². The van der Waals surface area contributed by atoms with E-state index in [-0.39, 0.29) is 31.2 Å². The number of carbonyl (C=O) groups excluding carboxylic acids is 2. The molecule has 0 aliphatic heterocycles. The maximum atomic E-state index is 12.6. The maximum Gasteiger partial charge on any atom is 0.311 e. The first-order valence-electron chi connectivity index (χ1n) is 5.04. The second kappa shape index (κ2) is 5.83. The molecule has 0 aliphatic rings. The fourth-order valence-electron chi connectivity index (χ4n) is 0.942. The van der Waals surface area contributed by atoms with Gasteiger partial charge in [0, 0.05) is 0 Å². The van der Waals surface area contributed by atoms with Crippen LogP contribution in [0.1, 0.15) is 34.1 Å². The molecule has 88 valence electrons. The monoisotopic (exact) mass is 218 g/mol. The minimum absolute atomic E-state index is 0.0981. The molecule has 0 aromatic carbocycles. The van der Waals surface area contributed by atoms with Crippen molar-refractivity contribution in [3.63, 3.8) is 0 Å². The topological polar surface area (TPSA) is 43.4 Å². The van der Waals surface area contributed by atoms with Crippen LogP contribution in [0.15, 0.2) is 0 Å². The Balaban J connectivity index is 3.86. The lowest BCUT2D eigenvalue weighted by molar-refractivity contribution is -0.154. The Morgan fingerprint density at radius 2 is 2.00 bits per heavy atom. The fourth-order valence-corrected chi connectivity index (χ4v) is 0.942. The van der Waals surface area contributed by atoms with Crippen molar-refractivity contribution >= 4 is 12.3 Å². The van der Waals surface area contributed by atoms with Gasteiger partial charge >= 0.3 is 5.97 Å². The zero-order valence-corrected chi connectivity index (χ0v) is 9.75. The highest BCUT2D eigenvalue weighted by Gasteiger charge is 2.23. The first kappa shape index (κ1) is 14.1. The molecule has 0 N–H and O–H groups in total. The molecule has 0 amide bonds. The van der Waals surface area contributed by atoms with Gasteiger partial charge in [-0.25, -0.2) is 4.39 Å². The molecular formula is C11H19FO3. The van der Waals surface area contributed by atoms with Crippen LogP contribution < -0.4 is 0 Å². The molecule has 0 radical (unpaired) electrons. The quantitative estimate of drug-likeness (QED) is 0.524. The molecule has 0 aromatic rings. The van der Waals surface area contributed by atoms with Crippen LogP contribution in [0.3, 0.4) is 0 Å². The minimum atomic E-state index is -1.46. The largest absolute Gasteiger partial charge is 0.465 e. The van der Waals surface area contributed by atoms with Gasteiger partial charge in [0.05, 0.1) is 12.0 Å². The lowest BCUT2D eigenvalue weighted by Gasteiger charge is -2.19. The van der Waals surface area contributed by atoms with E-state index < -0.39 is 11.6 Å². The number of hydrogen-bond donors (Lipinski definition) is 0. The number of ether oxygens (including phenoxy) is 1. The lowest BCUT2D eigenvalue weighted by Crippen LogP contribution is -2.25. The van der Waals surface area contributed by atoms with Crippen LogP contribution in [0.4, 0.5) is 4.39 Å². The van der Waals surface area contributed by atoms with Crippen molar-refractivity contribution in [2.45, 2.75) is 40.3 Å². The summed E-state index contributed by atoms with van der Waals surface area (Å²) in [7, 11) is 0. The summed E-state index contributed by atoms with van der Waals surface area (Å²) in [4.78, 5) is 21.4. The van der Waals surface area contributed by atoms with Crippen LogP contribution in [0.25, 0.3) is 0 Å². The van der Waals surface area contributed by atoms with E-state index in [9.17, 15) is 14.0 Å². The molecule has 0 saturated heterocycles. The summed E-state index contributed by atoms with van der Waals surface area (Å²) in [6.07, 6.45) is -1.10. The third-order valence-corrected chi connectivity index (χ3v) is 1.89. The van der Waals surface area contributed by atoms with Crippen LogP contribution in [0.2, 0.25) is 0 Å².